The van der Waals surface area contributed by atoms with Gasteiger partial charge in [0.2, 0.25) is 0 Å². The molecule has 1 aromatic heterocycles. The predicted molar refractivity (Wildman–Crippen MR) is 71.0 cm³/mol. The molecule has 0 amide bonds. The molecular formula is C14H15FN2O3. The first-order chi connectivity index (χ1) is 9.59. The van der Waals surface area contributed by atoms with Crippen LogP contribution in [-0.4, -0.2) is 33.5 Å². The minimum atomic E-state index is -0.997. The van der Waals surface area contributed by atoms with Crippen LogP contribution in [-0.2, 0) is 11.3 Å². The van der Waals surface area contributed by atoms with E-state index in [4.69, 9.17) is 4.74 Å². The first-order valence-corrected chi connectivity index (χ1v) is 6.53. The molecule has 1 aromatic carbocycles. The highest BCUT2D eigenvalue weighted by Gasteiger charge is 2.30. The third-order valence-corrected chi connectivity index (χ3v) is 3.69. The summed E-state index contributed by atoms with van der Waals surface area (Å²) in [6.45, 7) is 1.02. The second kappa shape index (κ2) is 4.96. The van der Waals surface area contributed by atoms with Gasteiger partial charge in [-0.25, -0.2) is 9.37 Å². The van der Waals surface area contributed by atoms with Gasteiger partial charge in [-0.15, -0.1) is 0 Å². The molecule has 1 saturated heterocycles. The van der Waals surface area contributed by atoms with Crippen LogP contribution in [0.1, 0.15) is 12.8 Å². The lowest BCUT2D eigenvalue weighted by molar-refractivity contribution is -0.0733. The number of rotatable bonds is 2. The van der Waals surface area contributed by atoms with Gasteiger partial charge in [-0.2, -0.15) is 0 Å². The number of hydrogen-bond donors (Lipinski definition) is 1. The molecule has 0 unspecified atom stereocenters. The Balaban J connectivity index is 2.02. The van der Waals surface area contributed by atoms with Crippen molar-refractivity contribution in [3.8, 4) is 0 Å². The highest BCUT2D eigenvalue weighted by atomic mass is 19.1. The molecule has 106 valence electrons. The van der Waals surface area contributed by atoms with E-state index in [0.717, 1.165) is 0 Å². The Morgan fingerprint density at radius 2 is 2.15 bits per heavy atom. The Labute approximate surface area is 114 Å². The van der Waals surface area contributed by atoms with Gasteiger partial charge in [0, 0.05) is 26.1 Å². The topological polar surface area (TPSA) is 64.4 Å². The standard InChI is InChI=1S/C14H15FN2O3/c15-10-2-1-3-11-12(10)13(18)17(9-16-11)8-14(19)4-6-20-7-5-14/h1-3,9,19H,4-8H2. The number of halogens is 1. The van der Waals surface area contributed by atoms with Crippen molar-refractivity contribution in [2.24, 2.45) is 0 Å². The van der Waals surface area contributed by atoms with Gasteiger partial charge in [-0.1, -0.05) is 6.07 Å². The number of nitrogens with zero attached hydrogens (tertiary/aromatic N) is 2. The van der Waals surface area contributed by atoms with E-state index in [1.165, 1.54) is 23.0 Å². The van der Waals surface area contributed by atoms with Crippen molar-refractivity contribution in [1.82, 2.24) is 9.55 Å². The summed E-state index contributed by atoms with van der Waals surface area (Å²) in [5, 5.41) is 10.4. The fourth-order valence-corrected chi connectivity index (χ4v) is 2.50. The minimum absolute atomic E-state index is 0.0364. The maximum absolute atomic E-state index is 13.8. The second-order valence-electron chi connectivity index (χ2n) is 5.15. The van der Waals surface area contributed by atoms with Gasteiger partial charge in [-0.05, 0) is 12.1 Å². The fourth-order valence-electron chi connectivity index (χ4n) is 2.50. The Hall–Kier alpha value is -1.79. The molecule has 6 heteroatoms. The lowest BCUT2D eigenvalue weighted by atomic mass is 9.94. The molecule has 2 aromatic rings. The van der Waals surface area contributed by atoms with Crippen LogP contribution in [0.4, 0.5) is 4.39 Å². The summed E-state index contributed by atoms with van der Waals surface area (Å²) >= 11 is 0. The van der Waals surface area contributed by atoms with Crippen molar-refractivity contribution >= 4 is 10.9 Å². The van der Waals surface area contributed by atoms with Gasteiger partial charge < -0.3 is 9.84 Å². The van der Waals surface area contributed by atoms with Crippen LogP contribution in [0.25, 0.3) is 10.9 Å². The predicted octanol–water partition coefficient (Wildman–Crippen LogP) is 1.08. The van der Waals surface area contributed by atoms with E-state index in [0.29, 0.717) is 31.6 Å². The van der Waals surface area contributed by atoms with E-state index in [1.54, 1.807) is 6.07 Å². The first-order valence-electron chi connectivity index (χ1n) is 6.53. The molecule has 3 rings (SSSR count). The summed E-state index contributed by atoms with van der Waals surface area (Å²) in [6, 6.07) is 4.34. The summed E-state index contributed by atoms with van der Waals surface area (Å²) in [5.41, 5.74) is -1.14. The van der Waals surface area contributed by atoms with E-state index in [-0.39, 0.29) is 11.9 Å². The molecule has 0 atom stereocenters. The zero-order chi connectivity index (χ0) is 14.2. The molecule has 20 heavy (non-hydrogen) atoms. The highest BCUT2D eigenvalue weighted by molar-refractivity contribution is 5.77. The number of hydrogen-bond acceptors (Lipinski definition) is 4. The van der Waals surface area contributed by atoms with Crippen LogP contribution in [0.5, 0.6) is 0 Å². The van der Waals surface area contributed by atoms with Crippen LogP contribution in [0.2, 0.25) is 0 Å². The summed E-state index contributed by atoms with van der Waals surface area (Å²) in [7, 11) is 0. The number of ether oxygens (including phenoxy) is 1. The molecule has 0 radical (unpaired) electrons. The molecule has 5 nitrogen and oxygen atoms in total. The van der Waals surface area contributed by atoms with Crippen molar-refractivity contribution in [1.29, 1.82) is 0 Å². The van der Waals surface area contributed by atoms with E-state index in [1.807, 2.05) is 0 Å². The molecule has 0 spiro atoms. The maximum atomic E-state index is 13.8. The molecule has 0 aliphatic carbocycles. The van der Waals surface area contributed by atoms with E-state index in [9.17, 15) is 14.3 Å². The van der Waals surface area contributed by atoms with E-state index < -0.39 is 17.0 Å². The quantitative estimate of drug-likeness (QED) is 0.892. The lowest BCUT2D eigenvalue weighted by Gasteiger charge is -2.32. The lowest BCUT2D eigenvalue weighted by Crippen LogP contribution is -2.42. The molecular weight excluding hydrogens is 263 g/mol. The normalized spacial score (nSPS) is 18.3. The van der Waals surface area contributed by atoms with Gasteiger partial charge in [0.05, 0.1) is 24.0 Å². The van der Waals surface area contributed by atoms with Crippen LogP contribution in [0.15, 0.2) is 29.3 Å². The first kappa shape index (κ1) is 13.2. The average Bonchev–Trinajstić information content (AvgIpc) is 2.43. The number of aliphatic hydroxyl groups is 1. The van der Waals surface area contributed by atoms with E-state index >= 15 is 0 Å². The summed E-state index contributed by atoms with van der Waals surface area (Å²) in [5.74, 6) is -0.590. The molecule has 1 fully saturated rings. The van der Waals surface area contributed by atoms with Gasteiger partial charge in [-0.3, -0.25) is 9.36 Å². The second-order valence-corrected chi connectivity index (χ2v) is 5.15. The van der Waals surface area contributed by atoms with Gasteiger partial charge in [0.1, 0.15) is 11.2 Å². The zero-order valence-electron chi connectivity index (χ0n) is 10.9. The van der Waals surface area contributed by atoms with Crippen LogP contribution >= 0.6 is 0 Å². The van der Waals surface area contributed by atoms with Gasteiger partial charge >= 0.3 is 0 Å². The Morgan fingerprint density at radius 1 is 1.40 bits per heavy atom. The fraction of sp³-hybridized carbons (Fsp3) is 0.429. The monoisotopic (exact) mass is 278 g/mol. The van der Waals surface area contributed by atoms with E-state index in [2.05, 4.69) is 4.98 Å². The maximum Gasteiger partial charge on any atom is 0.264 e. The molecule has 1 N–H and O–H groups in total. The highest BCUT2D eigenvalue weighted by Crippen LogP contribution is 2.22. The van der Waals surface area contributed by atoms with Gasteiger partial charge in [0.15, 0.2) is 0 Å². The smallest absolute Gasteiger partial charge is 0.264 e. The number of benzene rings is 1. The van der Waals surface area contributed by atoms with Crippen molar-refractivity contribution < 1.29 is 14.2 Å². The Morgan fingerprint density at radius 3 is 2.90 bits per heavy atom. The summed E-state index contributed by atoms with van der Waals surface area (Å²) in [6.07, 6.45) is 2.26. The van der Waals surface area contributed by atoms with Crippen LogP contribution in [0.3, 0.4) is 0 Å². The third-order valence-electron chi connectivity index (χ3n) is 3.69. The largest absolute Gasteiger partial charge is 0.388 e. The van der Waals surface area contributed by atoms with Crippen molar-refractivity contribution in [2.45, 2.75) is 25.0 Å². The molecule has 1 aliphatic rings. The van der Waals surface area contributed by atoms with Crippen LogP contribution in [0, 0.1) is 5.82 Å². The molecule has 0 saturated carbocycles. The van der Waals surface area contributed by atoms with Crippen LogP contribution < -0.4 is 5.56 Å². The van der Waals surface area contributed by atoms with Crippen molar-refractivity contribution in [3.05, 3.63) is 40.7 Å². The third kappa shape index (κ3) is 2.32. The SMILES string of the molecule is O=c1c2c(F)cccc2ncn1CC1(O)CCOCC1. The van der Waals surface area contributed by atoms with Crippen molar-refractivity contribution in [2.75, 3.05) is 13.2 Å². The summed E-state index contributed by atoms with van der Waals surface area (Å²) in [4.78, 5) is 16.4. The minimum Gasteiger partial charge on any atom is -0.388 e. The summed E-state index contributed by atoms with van der Waals surface area (Å²) < 4.78 is 20.2. The number of aromatic nitrogens is 2. The average molecular weight is 278 g/mol. The molecule has 1 aliphatic heterocycles. The molecule has 2 heterocycles. The van der Waals surface area contributed by atoms with Crippen molar-refractivity contribution in [3.63, 3.8) is 0 Å². The number of fused-ring (bicyclic) bond motifs is 1. The molecule has 0 bridgehead atoms. The Kier molecular flexibility index (Phi) is 3.27. The van der Waals surface area contributed by atoms with Gasteiger partial charge in [0.25, 0.3) is 5.56 Å². The Bertz CT molecular complexity index is 692. The zero-order valence-corrected chi connectivity index (χ0v) is 10.9.